The fraction of sp³-hybridized carbons (Fsp3) is 0.364. The molecular weight excluding hydrogens is 178 g/mol. The van der Waals surface area contributed by atoms with E-state index in [-0.39, 0.29) is 12.5 Å². The second kappa shape index (κ2) is 2.74. The van der Waals surface area contributed by atoms with Gasteiger partial charge in [0.05, 0.1) is 5.69 Å². The summed E-state index contributed by atoms with van der Waals surface area (Å²) in [6, 6.07) is 6.07. The summed E-state index contributed by atoms with van der Waals surface area (Å²) in [5.74, 6) is 1.43. The lowest BCUT2D eigenvalue weighted by molar-refractivity contribution is -0.118. The van der Waals surface area contributed by atoms with E-state index < -0.39 is 0 Å². The zero-order valence-electron chi connectivity index (χ0n) is 7.75. The van der Waals surface area contributed by atoms with E-state index in [1.54, 1.807) is 0 Å². The summed E-state index contributed by atoms with van der Waals surface area (Å²) in [4.78, 5) is 11.1. The maximum atomic E-state index is 11.1. The maximum Gasteiger partial charge on any atom is 0.262 e. The summed E-state index contributed by atoms with van der Waals surface area (Å²) in [5.41, 5.74) is 2.14. The molecular formula is C11H11NO2. The van der Waals surface area contributed by atoms with E-state index >= 15 is 0 Å². The molecule has 1 amide bonds. The van der Waals surface area contributed by atoms with Gasteiger partial charge in [0, 0.05) is 0 Å². The quantitative estimate of drug-likeness (QED) is 0.732. The van der Waals surface area contributed by atoms with E-state index in [9.17, 15) is 4.79 Å². The van der Waals surface area contributed by atoms with Gasteiger partial charge in [-0.15, -0.1) is 0 Å². The fourth-order valence-electron chi connectivity index (χ4n) is 1.77. The van der Waals surface area contributed by atoms with E-state index in [0.717, 1.165) is 11.4 Å². The minimum absolute atomic E-state index is 0.0644. The van der Waals surface area contributed by atoms with Gasteiger partial charge in [0.25, 0.3) is 5.91 Å². The average Bonchev–Trinajstić information content (AvgIpc) is 3.00. The number of hydrogen-bond donors (Lipinski definition) is 1. The fourth-order valence-corrected chi connectivity index (χ4v) is 1.77. The lowest BCUT2D eigenvalue weighted by Crippen LogP contribution is -2.25. The van der Waals surface area contributed by atoms with Crippen molar-refractivity contribution in [1.29, 1.82) is 0 Å². The van der Waals surface area contributed by atoms with Crippen LogP contribution in [0.1, 0.15) is 24.3 Å². The van der Waals surface area contributed by atoms with Crippen molar-refractivity contribution in [3.63, 3.8) is 0 Å². The molecule has 0 unspecified atom stereocenters. The van der Waals surface area contributed by atoms with Crippen LogP contribution in [0.3, 0.4) is 0 Å². The molecule has 1 N–H and O–H groups in total. The van der Waals surface area contributed by atoms with Crippen LogP contribution < -0.4 is 10.1 Å². The highest BCUT2D eigenvalue weighted by Gasteiger charge is 2.25. The minimum Gasteiger partial charge on any atom is -0.482 e. The molecule has 1 aliphatic heterocycles. The van der Waals surface area contributed by atoms with Gasteiger partial charge in [0.2, 0.25) is 0 Å². The first-order valence-electron chi connectivity index (χ1n) is 4.89. The Balaban J connectivity index is 1.99. The smallest absolute Gasteiger partial charge is 0.262 e. The Morgan fingerprint density at radius 2 is 2.21 bits per heavy atom. The van der Waals surface area contributed by atoms with Crippen LogP contribution in [-0.2, 0) is 4.79 Å². The summed E-state index contributed by atoms with van der Waals surface area (Å²) in [7, 11) is 0. The Kier molecular flexibility index (Phi) is 1.54. The first-order chi connectivity index (χ1) is 6.83. The average molecular weight is 189 g/mol. The van der Waals surface area contributed by atoms with Crippen LogP contribution in [0, 0.1) is 0 Å². The number of rotatable bonds is 1. The van der Waals surface area contributed by atoms with Crippen LogP contribution >= 0.6 is 0 Å². The van der Waals surface area contributed by atoms with Crippen LogP contribution in [0.4, 0.5) is 5.69 Å². The topological polar surface area (TPSA) is 38.3 Å². The molecule has 1 aromatic rings. The molecule has 2 aliphatic rings. The van der Waals surface area contributed by atoms with Gasteiger partial charge in [0.15, 0.2) is 6.61 Å². The highest BCUT2D eigenvalue weighted by molar-refractivity contribution is 5.95. The van der Waals surface area contributed by atoms with Crippen molar-refractivity contribution in [2.75, 3.05) is 11.9 Å². The van der Waals surface area contributed by atoms with Gasteiger partial charge < -0.3 is 10.1 Å². The number of ether oxygens (including phenoxy) is 1. The Morgan fingerprint density at radius 1 is 1.36 bits per heavy atom. The summed E-state index contributed by atoms with van der Waals surface area (Å²) in [6.07, 6.45) is 2.54. The molecule has 1 saturated carbocycles. The first-order valence-corrected chi connectivity index (χ1v) is 4.89. The summed E-state index contributed by atoms with van der Waals surface area (Å²) in [6.45, 7) is 0.135. The zero-order valence-corrected chi connectivity index (χ0v) is 7.75. The van der Waals surface area contributed by atoms with Crippen molar-refractivity contribution < 1.29 is 9.53 Å². The molecule has 0 radical (unpaired) electrons. The Hall–Kier alpha value is -1.51. The number of carbonyl (C=O) groups is 1. The normalized spacial score (nSPS) is 19.6. The number of amides is 1. The number of fused-ring (bicyclic) bond motifs is 1. The second-order valence-electron chi connectivity index (χ2n) is 3.87. The lowest BCUT2D eigenvalue weighted by atomic mass is 10.1. The van der Waals surface area contributed by atoms with Gasteiger partial charge in [-0.25, -0.2) is 0 Å². The summed E-state index contributed by atoms with van der Waals surface area (Å²) in [5, 5.41) is 2.82. The van der Waals surface area contributed by atoms with Crippen LogP contribution in [0.5, 0.6) is 5.75 Å². The van der Waals surface area contributed by atoms with Crippen molar-refractivity contribution in [3.8, 4) is 5.75 Å². The molecule has 3 rings (SSSR count). The van der Waals surface area contributed by atoms with Gasteiger partial charge in [-0.2, -0.15) is 0 Å². The van der Waals surface area contributed by atoms with Gasteiger partial charge in [-0.05, 0) is 36.5 Å². The Labute approximate surface area is 82.1 Å². The van der Waals surface area contributed by atoms with Gasteiger partial charge >= 0.3 is 0 Å². The maximum absolute atomic E-state index is 11.1. The predicted molar refractivity (Wildman–Crippen MR) is 52.5 cm³/mol. The van der Waals surface area contributed by atoms with Crippen molar-refractivity contribution in [2.24, 2.45) is 0 Å². The van der Waals surface area contributed by atoms with Crippen molar-refractivity contribution in [1.82, 2.24) is 0 Å². The number of anilines is 1. The molecule has 0 saturated heterocycles. The zero-order chi connectivity index (χ0) is 9.54. The molecule has 0 spiro atoms. The molecule has 1 fully saturated rings. The molecule has 1 aromatic carbocycles. The molecule has 0 aromatic heterocycles. The molecule has 0 atom stereocenters. The predicted octanol–water partition coefficient (Wildman–Crippen LogP) is 1.89. The number of nitrogens with one attached hydrogen (secondary N) is 1. The highest BCUT2D eigenvalue weighted by Crippen LogP contribution is 2.42. The number of carbonyl (C=O) groups excluding carboxylic acids is 1. The van der Waals surface area contributed by atoms with E-state index in [2.05, 4.69) is 11.4 Å². The van der Waals surface area contributed by atoms with E-state index in [0.29, 0.717) is 5.92 Å². The summed E-state index contributed by atoms with van der Waals surface area (Å²) >= 11 is 0. The van der Waals surface area contributed by atoms with Crippen LogP contribution in [0.15, 0.2) is 18.2 Å². The third-order valence-electron chi connectivity index (χ3n) is 2.69. The standard InChI is InChI=1S/C11H11NO2/c13-11-6-14-10-4-3-8(7-1-2-7)5-9(10)12-11/h3-5,7H,1-2,6H2,(H,12,13). The SMILES string of the molecule is O=C1COc2ccc(C3CC3)cc2N1. The lowest BCUT2D eigenvalue weighted by Gasteiger charge is -2.18. The molecule has 72 valence electrons. The minimum atomic E-state index is -0.0644. The van der Waals surface area contributed by atoms with E-state index in [1.807, 2.05) is 12.1 Å². The van der Waals surface area contributed by atoms with Gasteiger partial charge in [-0.1, -0.05) is 6.07 Å². The monoisotopic (exact) mass is 189 g/mol. The van der Waals surface area contributed by atoms with Crippen LogP contribution in [0.25, 0.3) is 0 Å². The van der Waals surface area contributed by atoms with Gasteiger partial charge in [0.1, 0.15) is 5.75 Å². The molecule has 1 heterocycles. The number of hydrogen-bond acceptors (Lipinski definition) is 2. The van der Waals surface area contributed by atoms with Crippen molar-refractivity contribution in [2.45, 2.75) is 18.8 Å². The van der Waals surface area contributed by atoms with Crippen LogP contribution in [0.2, 0.25) is 0 Å². The Morgan fingerprint density at radius 3 is 3.00 bits per heavy atom. The molecule has 0 bridgehead atoms. The van der Waals surface area contributed by atoms with E-state index in [1.165, 1.54) is 18.4 Å². The molecule has 3 nitrogen and oxygen atoms in total. The first kappa shape index (κ1) is 7.85. The largest absolute Gasteiger partial charge is 0.482 e. The van der Waals surface area contributed by atoms with Crippen molar-refractivity contribution in [3.05, 3.63) is 23.8 Å². The third kappa shape index (κ3) is 1.25. The highest BCUT2D eigenvalue weighted by atomic mass is 16.5. The van der Waals surface area contributed by atoms with Gasteiger partial charge in [-0.3, -0.25) is 4.79 Å². The Bertz CT molecular complexity index is 396. The number of benzene rings is 1. The molecule has 1 aliphatic carbocycles. The van der Waals surface area contributed by atoms with Crippen LogP contribution in [-0.4, -0.2) is 12.5 Å². The molecule has 14 heavy (non-hydrogen) atoms. The van der Waals surface area contributed by atoms with Crippen molar-refractivity contribution >= 4 is 11.6 Å². The summed E-state index contributed by atoms with van der Waals surface area (Å²) < 4.78 is 5.28. The third-order valence-corrected chi connectivity index (χ3v) is 2.69. The van der Waals surface area contributed by atoms with E-state index in [4.69, 9.17) is 4.74 Å². The second-order valence-corrected chi connectivity index (χ2v) is 3.87. The molecule has 3 heteroatoms.